The van der Waals surface area contributed by atoms with E-state index in [1.54, 1.807) is 12.3 Å². The minimum absolute atomic E-state index is 0.283. The van der Waals surface area contributed by atoms with Gasteiger partial charge in [-0.1, -0.05) is 34.1 Å². The second-order valence-electron chi connectivity index (χ2n) is 5.02. The minimum Gasteiger partial charge on any atom is -0.462 e. The van der Waals surface area contributed by atoms with E-state index in [9.17, 15) is 4.79 Å². The molecule has 3 aromatic rings. The highest BCUT2D eigenvalue weighted by molar-refractivity contribution is 9.10. The number of benzene rings is 2. The zero-order valence-electron chi connectivity index (χ0n) is 11.9. The second kappa shape index (κ2) is 6.75. The Hall–Kier alpha value is -2.14. The number of carbonyl (C=O) groups excluding carboxylic acids is 1. The van der Waals surface area contributed by atoms with E-state index in [1.165, 1.54) is 0 Å². The van der Waals surface area contributed by atoms with Gasteiger partial charge in [0.2, 0.25) is 0 Å². The fourth-order valence-corrected chi connectivity index (χ4v) is 2.82. The van der Waals surface area contributed by atoms with Crippen molar-refractivity contribution in [1.29, 1.82) is 0 Å². The molecule has 0 saturated heterocycles. The summed E-state index contributed by atoms with van der Waals surface area (Å²) in [4.78, 5) is 12.1. The maximum Gasteiger partial charge on any atom is 0.338 e. The summed E-state index contributed by atoms with van der Waals surface area (Å²) < 4.78 is 6.34. The molecule has 0 radical (unpaired) electrons. The van der Waals surface area contributed by atoms with Crippen LogP contribution in [-0.2, 0) is 11.2 Å². The monoisotopic (exact) mass is 358 g/mol. The lowest BCUT2D eigenvalue weighted by atomic mass is 10.1. The quantitative estimate of drug-likeness (QED) is 0.551. The van der Waals surface area contributed by atoms with E-state index < -0.39 is 0 Å². The van der Waals surface area contributed by atoms with Crippen molar-refractivity contribution in [3.63, 3.8) is 0 Å². The van der Waals surface area contributed by atoms with Gasteiger partial charge in [0.15, 0.2) is 0 Å². The average Bonchev–Trinajstić information content (AvgIpc) is 3.04. The molecule has 5 heteroatoms. The summed E-state index contributed by atoms with van der Waals surface area (Å²) in [6.45, 7) is 0.403. The van der Waals surface area contributed by atoms with Crippen molar-refractivity contribution in [1.82, 2.24) is 10.2 Å². The molecule has 0 aliphatic rings. The fraction of sp³-hybridized carbons (Fsp3) is 0.176. The van der Waals surface area contributed by atoms with Gasteiger partial charge in [0.1, 0.15) is 0 Å². The molecule has 0 atom stereocenters. The Labute approximate surface area is 136 Å². The smallest absolute Gasteiger partial charge is 0.338 e. The third kappa shape index (κ3) is 3.36. The number of hydrogen-bond donors (Lipinski definition) is 1. The van der Waals surface area contributed by atoms with E-state index in [2.05, 4.69) is 26.1 Å². The third-order valence-corrected chi connectivity index (χ3v) is 4.15. The number of esters is 1. The van der Waals surface area contributed by atoms with Crippen LogP contribution in [0.15, 0.2) is 53.3 Å². The molecular formula is C17H15BrN2O2. The molecule has 1 N–H and O–H groups in total. The lowest BCUT2D eigenvalue weighted by molar-refractivity contribution is 0.0501. The summed E-state index contributed by atoms with van der Waals surface area (Å²) in [6, 6.07) is 11.5. The Bertz CT molecular complexity index is 784. The van der Waals surface area contributed by atoms with E-state index in [0.717, 1.165) is 33.7 Å². The number of aryl methyl sites for hydroxylation is 1. The predicted molar refractivity (Wildman–Crippen MR) is 88.8 cm³/mol. The van der Waals surface area contributed by atoms with Crippen LogP contribution in [-0.4, -0.2) is 22.8 Å². The van der Waals surface area contributed by atoms with E-state index in [1.807, 2.05) is 36.5 Å². The van der Waals surface area contributed by atoms with Crippen molar-refractivity contribution < 1.29 is 9.53 Å². The van der Waals surface area contributed by atoms with Gasteiger partial charge in [-0.25, -0.2) is 4.79 Å². The van der Waals surface area contributed by atoms with Crippen molar-refractivity contribution in [2.75, 3.05) is 6.61 Å². The van der Waals surface area contributed by atoms with Crippen LogP contribution in [0.3, 0.4) is 0 Å². The summed E-state index contributed by atoms with van der Waals surface area (Å²) in [6.07, 6.45) is 5.25. The SMILES string of the molecule is O=C(OCCCc1cn[nH]c1)c1ccc2c(Br)cccc2c1. The average molecular weight is 359 g/mol. The standard InChI is InChI=1S/C17H15BrN2O2/c18-16-5-1-4-13-9-14(6-7-15(13)16)17(21)22-8-2-3-12-10-19-20-11-12/h1,4-7,9-11H,2-3,8H2,(H,19,20). The first kappa shape index (κ1) is 14.8. The van der Waals surface area contributed by atoms with Crippen LogP contribution in [0.1, 0.15) is 22.3 Å². The van der Waals surface area contributed by atoms with E-state index in [-0.39, 0.29) is 5.97 Å². The highest BCUT2D eigenvalue weighted by atomic mass is 79.9. The Balaban J connectivity index is 1.60. The summed E-state index contributed by atoms with van der Waals surface area (Å²) >= 11 is 3.50. The van der Waals surface area contributed by atoms with Gasteiger partial charge in [-0.3, -0.25) is 5.10 Å². The van der Waals surface area contributed by atoms with Gasteiger partial charge in [-0.05, 0) is 47.4 Å². The third-order valence-electron chi connectivity index (χ3n) is 3.46. The van der Waals surface area contributed by atoms with Crippen molar-refractivity contribution in [3.05, 3.63) is 64.4 Å². The number of aromatic amines is 1. The first-order valence-electron chi connectivity index (χ1n) is 7.07. The summed E-state index contributed by atoms with van der Waals surface area (Å²) in [5.74, 6) is -0.283. The number of ether oxygens (including phenoxy) is 1. The van der Waals surface area contributed by atoms with Crippen LogP contribution in [0.5, 0.6) is 0 Å². The molecule has 4 nitrogen and oxygen atoms in total. The first-order valence-corrected chi connectivity index (χ1v) is 7.86. The van der Waals surface area contributed by atoms with Crippen molar-refractivity contribution >= 4 is 32.7 Å². The van der Waals surface area contributed by atoms with E-state index >= 15 is 0 Å². The number of nitrogens with one attached hydrogen (secondary N) is 1. The number of carbonyl (C=O) groups is 1. The number of halogens is 1. The Morgan fingerprint density at radius 1 is 1.27 bits per heavy atom. The van der Waals surface area contributed by atoms with Gasteiger partial charge in [0, 0.05) is 10.7 Å². The lowest BCUT2D eigenvalue weighted by Crippen LogP contribution is -2.07. The van der Waals surface area contributed by atoms with Crippen LogP contribution >= 0.6 is 15.9 Å². The molecule has 2 aromatic carbocycles. The Morgan fingerprint density at radius 2 is 2.18 bits per heavy atom. The van der Waals surface area contributed by atoms with Crippen LogP contribution in [0.4, 0.5) is 0 Å². The molecule has 3 rings (SSSR count). The molecule has 0 spiro atoms. The van der Waals surface area contributed by atoms with E-state index in [0.29, 0.717) is 12.2 Å². The van der Waals surface area contributed by atoms with E-state index in [4.69, 9.17) is 4.74 Å². The zero-order chi connectivity index (χ0) is 15.4. The molecule has 0 amide bonds. The maximum absolute atomic E-state index is 12.1. The maximum atomic E-state index is 12.1. The molecule has 0 aliphatic heterocycles. The number of H-pyrrole nitrogens is 1. The topological polar surface area (TPSA) is 55.0 Å². The number of hydrogen-bond acceptors (Lipinski definition) is 3. The van der Waals surface area contributed by atoms with Crippen molar-refractivity contribution in [2.45, 2.75) is 12.8 Å². The number of nitrogens with zero attached hydrogens (tertiary/aromatic N) is 1. The van der Waals surface area contributed by atoms with Crippen LogP contribution in [0, 0.1) is 0 Å². The highest BCUT2D eigenvalue weighted by Crippen LogP contribution is 2.24. The number of fused-ring (bicyclic) bond motifs is 1. The Kier molecular flexibility index (Phi) is 4.53. The molecular weight excluding hydrogens is 344 g/mol. The molecule has 0 saturated carbocycles. The summed E-state index contributed by atoms with van der Waals surface area (Å²) in [5.41, 5.74) is 1.69. The molecule has 0 aliphatic carbocycles. The van der Waals surface area contributed by atoms with Gasteiger partial charge in [-0.2, -0.15) is 5.10 Å². The lowest BCUT2D eigenvalue weighted by Gasteiger charge is -2.06. The molecule has 0 bridgehead atoms. The van der Waals surface area contributed by atoms with Crippen LogP contribution in [0.2, 0.25) is 0 Å². The Morgan fingerprint density at radius 3 is 3.00 bits per heavy atom. The largest absolute Gasteiger partial charge is 0.462 e. The zero-order valence-corrected chi connectivity index (χ0v) is 13.5. The molecule has 1 heterocycles. The van der Waals surface area contributed by atoms with Crippen LogP contribution < -0.4 is 0 Å². The van der Waals surface area contributed by atoms with Gasteiger partial charge >= 0.3 is 5.97 Å². The molecule has 22 heavy (non-hydrogen) atoms. The first-order chi connectivity index (χ1) is 10.7. The predicted octanol–water partition coefficient (Wildman–Crippen LogP) is 4.12. The second-order valence-corrected chi connectivity index (χ2v) is 5.88. The van der Waals surface area contributed by atoms with Gasteiger partial charge in [0.05, 0.1) is 18.4 Å². The summed E-state index contributed by atoms with van der Waals surface area (Å²) in [7, 11) is 0. The fourth-order valence-electron chi connectivity index (χ4n) is 2.31. The number of aromatic nitrogens is 2. The summed E-state index contributed by atoms with van der Waals surface area (Å²) in [5, 5.41) is 8.75. The van der Waals surface area contributed by atoms with Crippen molar-refractivity contribution in [3.8, 4) is 0 Å². The van der Waals surface area contributed by atoms with Crippen molar-refractivity contribution in [2.24, 2.45) is 0 Å². The van der Waals surface area contributed by atoms with Gasteiger partial charge in [0.25, 0.3) is 0 Å². The van der Waals surface area contributed by atoms with Gasteiger partial charge in [-0.15, -0.1) is 0 Å². The van der Waals surface area contributed by atoms with Crippen LogP contribution in [0.25, 0.3) is 10.8 Å². The molecule has 112 valence electrons. The number of rotatable bonds is 5. The minimum atomic E-state index is -0.283. The normalized spacial score (nSPS) is 10.8. The van der Waals surface area contributed by atoms with Gasteiger partial charge < -0.3 is 4.74 Å². The molecule has 0 unspecified atom stereocenters. The molecule has 0 fully saturated rings. The highest BCUT2D eigenvalue weighted by Gasteiger charge is 2.08. The molecule has 1 aromatic heterocycles.